The highest BCUT2D eigenvalue weighted by atomic mass is 79.9. The van der Waals surface area contributed by atoms with Gasteiger partial charge in [0.2, 0.25) is 0 Å². The fourth-order valence-electron chi connectivity index (χ4n) is 1.57. The topological polar surface area (TPSA) is 24.9 Å². The molecule has 2 nitrogen and oxygen atoms in total. The summed E-state index contributed by atoms with van der Waals surface area (Å²) in [6.45, 7) is 2.44. The number of pyridine rings is 1. The van der Waals surface area contributed by atoms with Crippen molar-refractivity contribution in [2.45, 2.75) is 32.0 Å². The van der Waals surface area contributed by atoms with Gasteiger partial charge in [-0.3, -0.25) is 4.98 Å². The van der Waals surface area contributed by atoms with E-state index in [1.807, 2.05) is 6.92 Å². The number of hydrogen-bond acceptors (Lipinski definition) is 2. The molecule has 18 heavy (non-hydrogen) atoms. The molecule has 1 aromatic rings. The van der Waals surface area contributed by atoms with Crippen molar-refractivity contribution < 1.29 is 13.2 Å². The van der Waals surface area contributed by atoms with Crippen LogP contribution in [0.3, 0.4) is 0 Å². The lowest BCUT2D eigenvalue weighted by atomic mass is 10.1. The molecule has 0 bridgehead atoms. The van der Waals surface area contributed by atoms with Gasteiger partial charge in [0, 0.05) is 21.6 Å². The monoisotopic (exact) mass is 388 g/mol. The summed E-state index contributed by atoms with van der Waals surface area (Å²) in [4.78, 5) is 4.17. The standard InChI is InChI=1S/C11H13Br2F3N2/c1-2-17-9(3-4-11(14,15)16)10-8(13)5-7(12)6-18-10/h5-6,9,17H,2-4H2,1H3. The maximum Gasteiger partial charge on any atom is 0.389 e. The highest BCUT2D eigenvalue weighted by Gasteiger charge is 2.29. The van der Waals surface area contributed by atoms with Gasteiger partial charge < -0.3 is 5.32 Å². The van der Waals surface area contributed by atoms with Crippen molar-refractivity contribution in [1.29, 1.82) is 0 Å². The van der Waals surface area contributed by atoms with Crippen molar-refractivity contribution in [3.63, 3.8) is 0 Å². The largest absolute Gasteiger partial charge is 0.389 e. The van der Waals surface area contributed by atoms with Crippen LogP contribution in [0.1, 0.15) is 31.5 Å². The average molecular weight is 390 g/mol. The summed E-state index contributed by atoms with van der Waals surface area (Å²) in [6.07, 6.45) is -3.41. The first-order chi connectivity index (χ1) is 8.33. The predicted octanol–water partition coefficient (Wildman–Crippen LogP) is 4.60. The third-order valence-corrected chi connectivity index (χ3v) is 3.40. The van der Waals surface area contributed by atoms with E-state index in [9.17, 15) is 13.2 Å². The van der Waals surface area contributed by atoms with Crippen LogP contribution in [-0.4, -0.2) is 17.7 Å². The first-order valence-electron chi connectivity index (χ1n) is 5.44. The molecule has 0 fully saturated rings. The number of nitrogens with one attached hydrogen (secondary N) is 1. The molecule has 1 aromatic heterocycles. The van der Waals surface area contributed by atoms with E-state index in [2.05, 4.69) is 42.2 Å². The second-order valence-corrected chi connectivity index (χ2v) is 5.55. The van der Waals surface area contributed by atoms with Crippen molar-refractivity contribution >= 4 is 31.9 Å². The van der Waals surface area contributed by atoms with Crippen molar-refractivity contribution in [1.82, 2.24) is 10.3 Å². The molecule has 0 spiro atoms. The third kappa shape index (κ3) is 5.24. The normalized spacial score (nSPS) is 13.7. The van der Waals surface area contributed by atoms with Crippen LogP contribution in [0.4, 0.5) is 13.2 Å². The summed E-state index contributed by atoms with van der Waals surface area (Å²) in [5.41, 5.74) is 0.601. The average Bonchev–Trinajstić information content (AvgIpc) is 2.24. The zero-order valence-corrected chi connectivity index (χ0v) is 12.9. The van der Waals surface area contributed by atoms with Gasteiger partial charge in [0.25, 0.3) is 0 Å². The summed E-state index contributed by atoms with van der Waals surface area (Å²) in [7, 11) is 0. The number of rotatable bonds is 5. The highest BCUT2D eigenvalue weighted by molar-refractivity contribution is 9.11. The van der Waals surface area contributed by atoms with Crippen molar-refractivity contribution in [2.75, 3.05) is 6.54 Å². The molecule has 0 aliphatic carbocycles. The third-order valence-electron chi connectivity index (χ3n) is 2.33. The Morgan fingerprint density at radius 1 is 1.39 bits per heavy atom. The number of nitrogens with zero attached hydrogens (tertiary/aromatic N) is 1. The Kier molecular flexibility index (Phi) is 6.07. The molecule has 0 aromatic carbocycles. The smallest absolute Gasteiger partial charge is 0.309 e. The number of aromatic nitrogens is 1. The van der Waals surface area contributed by atoms with Crippen LogP contribution >= 0.6 is 31.9 Å². The molecule has 1 atom stereocenters. The summed E-state index contributed by atoms with van der Waals surface area (Å²) in [5.74, 6) is 0. The van der Waals surface area contributed by atoms with Crippen molar-refractivity contribution in [3.05, 3.63) is 26.9 Å². The second-order valence-electron chi connectivity index (χ2n) is 3.78. The van der Waals surface area contributed by atoms with Crippen LogP contribution in [0.5, 0.6) is 0 Å². The summed E-state index contributed by atoms with van der Waals surface area (Å²) in [6, 6.07) is 1.37. The van der Waals surface area contributed by atoms with Gasteiger partial charge in [-0.25, -0.2) is 0 Å². The molecule has 0 aliphatic rings. The highest BCUT2D eigenvalue weighted by Crippen LogP contribution is 2.30. The summed E-state index contributed by atoms with van der Waals surface area (Å²) >= 11 is 6.59. The van der Waals surface area contributed by atoms with E-state index in [1.54, 1.807) is 12.3 Å². The zero-order valence-electron chi connectivity index (χ0n) is 9.69. The number of hydrogen-bond donors (Lipinski definition) is 1. The van der Waals surface area contributed by atoms with E-state index in [4.69, 9.17) is 0 Å². The van der Waals surface area contributed by atoms with Gasteiger partial charge in [-0.05, 0) is 50.9 Å². The molecule has 7 heteroatoms. The lowest BCUT2D eigenvalue weighted by molar-refractivity contribution is -0.136. The van der Waals surface area contributed by atoms with Gasteiger partial charge in [0.15, 0.2) is 0 Å². The van der Waals surface area contributed by atoms with Crippen molar-refractivity contribution in [3.8, 4) is 0 Å². The van der Waals surface area contributed by atoms with Crippen molar-refractivity contribution in [2.24, 2.45) is 0 Å². The van der Waals surface area contributed by atoms with Crippen LogP contribution in [-0.2, 0) is 0 Å². The summed E-state index contributed by atoms with van der Waals surface area (Å²) in [5, 5.41) is 3.02. The zero-order chi connectivity index (χ0) is 13.8. The molecule has 0 radical (unpaired) electrons. The molecule has 0 amide bonds. The molecular formula is C11H13Br2F3N2. The minimum atomic E-state index is -4.14. The lowest BCUT2D eigenvalue weighted by Gasteiger charge is -2.19. The van der Waals surface area contributed by atoms with E-state index in [-0.39, 0.29) is 6.42 Å². The molecule has 1 rings (SSSR count). The molecular weight excluding hydrogens is 377 g/mol. The fourth-order valence-corrected chi connectivity index (χ4v) is 2.84. The molecule has 0 aliphatic heterocycles. The van der Waals surface area contributed by atoms with Gasteiger partial charge in [0.1, 0.15) is 0 Å². The van der Waals surface area contributed by atoms with E-state index in [1.165, 1.54) is 0 Å². The van der Waals surface area contributed by atoms with Crippen LogP contribution in [0, 0.1) is 0 Å². The second kappa shape index (κ2) is 6.86. The summed E-state index contributed by atoms with van der Waals surface area (Å²) < 4.78 is 38.3. The first kappa shape index (κ1) is 15.9. The Labute approximate surface area is 121 Å². The minimum Gasteiger partial charge on any atom is -0.309 e. The SMILES string of the molecule is CCNC(CCC(F)(F)F)c1ncc(Br)cc1Br. The Bertz CT molecular complexity index is 396. The maximum absolute atomic E-state index is 12.3. The van der Waals surface area contributed by atoms with Gasteiger partial charge in [-0.1, -0.05) is 6.92 Å². The molecule has 0 saturated carbocycles. The Hall–Kier alpha value is -0.140. The van der Waals surface area contributed by atoms with Gasteiger partial charge in [0.05, 0.1) is 11.7 Å². The van der Waals surface area contributed by atoms with Crippen LogP contribution in [0.15, 0.2) is 21.2 Å². The van der Waals surface area contributed by atoms with Crippen LogP contribution in [0.2, 0.25) is 0 Å². The molecule has 0 saturated heterocycles. The van der Waals surface area contributed by atoms with Gasteiger partial charge in [-0.2, -0.15) is 13.2 Å². The first-order valence-corrected chi connectivity index (χ1v) is 7.03. The fraction of sp³-hybridized carbons (Fsp3) is 0.545. The molecule has 1 unspecified atom stereocenters. The Balaban J connectivity index is 2.83. The molecule has 1 heterocycles. The lowest BCUT2D eigenvalue weighted by Crippen LogP contribution is -2.24. The quantitative estimate of drug-likeness (QED) is 0.795. The van der Waals surface area contributed by atoms with E-state index < -0.39 is 18.6 Å². The predicted molar refractivity (Wildman–Crippen MR) is 71.3 cm³/mol. The van der Waals surface area contributed by atoms with Gasteiger partial charge >= 0.3 is 6.18 Å². The molecule has 102 valence electrons. The maximum atomic E-state index is 12.3. The van der Waals surface area contributed by atoms with Crippen LogP contribution in [0.25, 0.3) is 0 Å². The minimum absolute atomic E-state index is 0.0232. The Morgan fingerprint density at radius 2 is 2.06 bits per heavy atom. The van der Waals surface area contributed by atoms with E-state index >= 15 is 0 Å². The molecule has 1 N–H and O–H groups in total. The number of alkyl halides is 3. The number of halogens is 5. The van der Waals surface area contributed by atoms with E-state index in [0.717, 1.165) is 4.47 Å². The Morgan fingerprint density at radius 3 is 2.56 bits per heavy atom. The van der Waals surface area contributed by atoms with Crippen LogP contribution < -0.4 is 5.32 Å². The van der Waals surface area contributed by atoms with E-state index in [0.29, 0.717) is 16.7 Å². The van der Waals surface area contributed by atoms with Gasteiger partial charge in [-0.15, -0.1) is 0 Å².